The summed E-state index contributed by atoms with van der Waals surface area (Å²) in [6.45, 7) is -2.07. The molecule has 11 N–H and O–H groups in total. The quantitative estimate of drug-likeness (QED) is 0.154. The SMILES string of the molecule is OC[C@H]1OC(O)[C@H](O)[C@@H](O)C1O[C@H]1O[C@H](CO[C@H]2O[C@H](CO)[C@@H](O)[C@H](O)[C@H]2O)[C@@H](O)[C@H](O)[C@H]1O. The lowest BCUT2D eigenvalue weighted by Gasteiger charge is -2.45. The number of rotatable bonds is 7. The van der Waals surface area contributed by atoms with Crippen LogP contribution in [0.1, 0.15) is 0 Å². The topological polar surface area (TPSA) is 269 Å². The largest absolute Gasteiger partial charge is 0.394 e. The molecule has 3 fully saturated rings. The van der Waals surface area contributed by atoms with Crippen molar-refractivity contribution in [2.75, 3.05) is 19.8 Å². The monoisotopic (exact) mass is 504 g/mol. The molecule has 0 aromatic rings. The molecule has 3 saturated heterocycles. The predicted octanol–water partition coefficient (Wildman–Crippen LogP) is -7.57. The van der Waals surface area contributed by atoms with E-state index < -0.39 is 112 Å². The number of aliphatic hydroxyl groups is 11. The predicted molar refractivity (Wildman–Crippen MR) is 101 cm³/mol. The fourth-order valence-electron chi connectivity index (χ4n) is 3.95. The van der Waals surface area contributed by atoms with Gasteiger partial charge < -0.3 is 79.9 Å². The van der Waals surface area contributed by atoms with Crippen LogP contribution >= 0.6 is 0 Å². The van der Waals surface area contributed by atoms with Gasteiger partial charge in [0.2, 0.25) is 0 Å². The normalized spacial score (nSPS) is 52.5. The van der Waals surface area contributed by atoms with Gasteiger partial charge in [-0.25, -0.2) is 0 Å². The van der Waals surface area contributed by atoms with Crippen LogP contribution in [0.25, 0.3) is 0 Å². The number of hydrogen-bond donors (Lipinski definition) is 11. The summed E-state index contributed by atoms with van der Waals surface area (Å²) in [5, 5.41) is 109. The Labute approximate surface area is 192 Å². The van der Waals surface area contributed by atoms with Gasteiger partial charge in [0, 0.05) is 0 Å². The minimum atomic E-state index is -1.87. The average Bonchev–Trinajstić information content (AvgIpc) is 2.82. The van der Waals surface area contributed by atoms with Gasteiger partial charge in [-0.05, 0) is 0 Å². The van der Waals surface area contributed by atoms with E-state index >= 15 is 0 Å². The van der Waals surface area contributed by atoms with E-state index in [0.29, 0.717) is 0 Å². The van der Waals surface area contributed by atoms with Crippen molar-refractivity contribution in [2.24, 2.45) is 0 Å². The van der Waals surface area contributed by atoms with Crippen molar-refractivity contribution in [3.05, 3.63) is 0 Å². The van der Waals surface area contributed by atoms with Crippen molar-refractivity contribution >= 4 is 0 Å². The van der Waals surface area contributed by atoms with Crippen molar-refractivity contribution in [2.45, 2.75) is 92.1 Å². The maximum atomic E-state index is 10.3. The average molecular weight is 504 g/mol. The van der Waals surface area contributed by atoms with E-state index in [1.165, 1.54) is 0 Å². The molecule has 0 aromatic heterocycles. The van der Waals surface area contributed by atoms with Gasteiger partial charge in [-0.2, -0.15) is 0 Å². The zero-order valence-corrected chi connectivity index (χ0v) is 17.7. The van der Waals surface area contributed by atoms with Crippen molar-refractivity contribution in [1.29, 1.82) is 0 Å². The Balaban J connectivity index is 1.66. The Hall–Kier alpha value is -0.640. The van der Waals surface area contributed by atoms with Gasteiger partial charge in [0.15, 0.2) is 18.9 Å². The zero-order valence-electron chi connectivity index (χ0n) is 17.7. The van der Waals surface area contributed by atoms with Crippen LogP contribution in [-0.4, -0.2) is 168 Å². The van der Waals surface area contributed by atoms with Gasteiger partial charge >= 0.3 is 0 Å². The summed E-state index contributed by atoms with van der Waals surface area (Å²) < 4.78 is 26.3. The van der Waals surface area contributed by atoms with Gasteiger partial charge in [-0.15, -0.1) is 0 Å². The van der Waals surface area contributed by atoms with E-state index in [1.807, 2.05) is 0 Å². The summed E-state index contributed by atoms with van der Waals surface area (Å²) in [6, 6.07) is 0. The van der Waals surface area contributed by atoms with E-state index in [2.05, 4.69) is 0 Å². The minimum Gasteiger partial charge on any atom is -0.394 e. The maximum absolute atomic E-state index is 10.3. The van der Waals surface area contributed by atoms with Crippen molar-refractivity contribution in [3.8, 4) is 0 Å². The lowest BCUT2D eigenvalue weighted by Crippen LogP contribution is -2.65. The highest BCUT2D eigenvalue weighted by atomic mass is 16.7. The highest BCUT2D eigenvalue weighted by molar-refractivity contribution is 4.94. The fourth-order valence-corrected chi connectivity index (χ4v) is 3.95. The summed E-state index contributed by atoms with van der Waals surface area (Å²) in [7, 11) is 0. The fraction of sp³-hybridized carbons (Fsp3) is 1.00. The molecular weight excluding hydrogens is 472 g/mol. The van der Waals surface area contributed by atoms with Crippen molar-refractivity contribution in [1.82, 2.24) is 0 Å². The Morgan fingerprint density at radius 1 is 0.500 bits per heavy atom. The van der Waals surface area contributed by atoms with Crippen LogP contribution in [0.15, 0.2) is 0 Å². The van der Waals surface area contributed by atoms with E-state index in [9.17, 15) is 56.2 Å². The van der Waals surface area contributed by atoms with E-state index in [0.717, 1.165) is 0 Å². The van der Waals surface area contributed by atoms with Gasteiger partial charge in [0.25, 0.3) is 0 Å². The third kappa shape index (κ3) is 5.52. The molecule has 0 bridgehead atoms. The minimum absolute atomic E-state index is 0.609. The van der Waals surface area contributed by atoms with Crippen molar-refractivity contribution in [3.63, 3.8) is 0 Å². The molecule has 3 aliphatic rings. The van der Waals surface area contributed by atoms with Crippen LogP contribution < -0.4 is 0 Å². The van der Waals surface area contributed by atoms with E-state index in [1.54, 1.807) is 0 Å². The highest BCUT2D eigenvalue weighted by Gasteiger charge is 2.51. The molecule has 0 spiro atoms. The molecule has 0 aliphatic carbocycles. The molecule has 34 heavy (non-hydrogen) atoms. The van der Waals surface area contributed by atoms with Crippen LogP contribution in [0.5, 0.6) is 0 Å². The highest BCUT2D eigenvalue weighted by Crippen LogP contribution is 2.29. The van der Waals surface area contributed by atoms with Gasteiger partial charge in [0.1, 0.15) is 73.2 Å². The van der Waals surface area contributed by atoms with Gasteiger partial charge in [0.05, 0.1) is 19.8 Å². The standard InChI is InChI=1S/C18H32O16/c19-1-4-7(21)9(23)13(27)17(32-4)30-3-6-8(22)10(24)14(28)18(33-6)34-15-5(2-20)31-16(29)12(26)11(15)25/h4-29H,1-3H2/t4-,5-,6-,7-,8-,9+,10+,11-,12-,13-,14-,15?,16?,17+,18-/m1/s1. The third-order valence-corrected chi connectivity index (χ3v) is 6.07. The second-order valence-electron chi connectivity index (χ2n) is 8.37. The lowest BCUT2D eigenvalue weighted by molar-refractivity contribution is -0.362. The Morgan fingerprint density at radius 2 is 1.03 bits per heavy atom. The molecule has 16 nitrogen and oxygen atoms in total. The molecule has 0 aromatic carbocycles. The third-order valence-electron chi connectivity index (χ3n) is 6.07. The Morgan fingerprint density at radius 3 is 1.62 bits per heavy atom. The van der Waals surface area contributed by atoms with E-state index in [-0.39, 0.29) is 0 Å². The molecule has 0 amide bonds. The first-order valence-electron chi connectivity index (χ1n) is 10.6. The molecule has 200 valence electrons. The van der Waals surface area contributed by atoms with Gasteiger partial charge in [-0.3, -0.25) is 0 Å². The zero-order chi connectivity index (χ0) is 25.3. The summed E-state index contributed by atoms with van der Waals surface area (Å²) in [5.41, 5.74) is 0. The van der Waals surface area contributed by atoms with E-state index in [4.69, 9.17) is 23.7 Å². The number of aliphatic hydroxyl groups excluding tert-OH is 11. The maximum Gasteiger partial charge on any atom is 0.187 e. The molecule has 3 aliphatic heterocycles. The van der Waals surface area contributed by atoms with Crippen molar-refractivity contribution < 1.29 is 79.9 Å². The molecule has 3 heterocycles. The second-order valence-corrected chi connectivity index (χ2v) is 8.37. The summed E-state index contributed by atoms with van der Waals surface area (Å²) in [6.07, 6.45) is -24.9. The smallest absolute Gasteiger partial charge is 0.187 e. The van der Waals surface area contributed by atoms with Crippen LogP contribution in [0, 0.1) is 0 Å². The Bertz CT molecular complexity index is 637. The molecular formula is C18H32O16. The first-order valence-corrected chi connectivity index (χ1v) is 10.6. The van der Waals surface area contributed by atoms with Gasteiger partial charge in [-0.1, -0.05) is 0 Å². The first-order chi connectivity index (χ1) is 16.0. The summed E-state index contributed by atoms with van der Waals surface area (Å²) in [5.74, 6) is 0. The van der Waals surface area contributed by atoms with Crippen LogP contribution in [0.2, 0.25) is 0 Å². The number of hydrogen-bond acceptors (Lipinski definition) is 16. The molecule has 0 radical (unpaired) electrons. The van der Waals surface area contributed by atoms with Crippen LogP contribution in [-0.2, 0) is 23.7 Å². The Kier molecular flexibility index (Phi) is 9.54. The molecule has 3 rings (SSSR count). The van der Waals surface area contributed by atoms with Crippen LogP contribution in [0.4, 0.5) is 0 Å². The van der Waals surface area contributed by atoms with Crippen LogP contribution in [0.3, 0.4) is 0 Å². The molecule has 15 atom stereocenters. The number of ether oxygens (including phenoxy) is 5. The lowest BCUT2D eigenvalue weighted by atomic mass is 9.97. The summed E-state index contributed by atoms with van der Waals surface area (Å²) >= 11 is 0. The molecule has 2 unspecified atom stereocenters. The first kappa shape index (κ1) is 27.9. The summed E-state index contributed by atoms with van der Waals surface area (Å²) in [4.78, 5) is 0. The second kappa shape index (κ2) is 11.6. The molecule has 16 heteroatoms. The molecule has 0 saturated carbocycles.